The maximum absolute atomic E-state index is 12.8. The molecule has 0 aromatic heterocycles. The largest absolute Gasteiger partial charge is 0.486 e. The lowest BCUT2D eigenvalue weighted by atomic mass is 10.1. The van der Waals surface area contributed by atoms with Gasteiger partial charge in [0, 0.05) is 5.56 Å². The minimum atomic E-state index is -4.49. The molecule has 0 unspecified atom stereocenters. The minimum Gasteiger partial charge on any atom is -0.486 e. The zero-order chi connectivity index (χ0) is 18.0. The van der Waals surface area contributed by atoms with E-state index in [0.717, 1.165) is 18.2 Å². The second-order valence-corrected chi connectivity index (χ2v) is 5.73. The van der Waals surface area contributed by atoms with E-state index in [-0.39, 0.29) is 23.0 Å². The normalized spacial score (nSPS) is 13.4. The number of alkyl halides is 3. The predicted molar refractivity (Wildman–Crippen MR) is 86.7 cm³/mol. The van der Waals surface area contributed by atoms with Gasteiger partial charge in [0.05, 0.1) is 22.8 Å². The van der Waals surface area contributed by atoms with Gasteiger partial charge in [-0.05, 0) is 36.4 Å². The predicted octanol–water partition coefficient (Wildman–Crippen LogP) is 4.42. The Kier molecular flexibility index (Phi) is 4.76. The van der Waals surface area contributed by atoms with Crippen molar-refractivity contribution < 1.29 is 27.4 Å². The SMILES string of the molecule is O=C(CNc1cc(C(F)(F)F)ccc1Cl)c1ccc2c(c1)OCCO2. The van der Waals surface area contributed by atoms with Gasteiger partial charge in [-0.3, -0.25) is 4.79 Å². The van der Waals surface area contributed by atoms with Crippen LogP contribution in [0.15, 0.2) is 36.4 Å². The summed E-state index contributed by atoms with van der Waals surface area (Å²) in [6.45, 7) is 0.624. The molecule has 1 heterocycles. The summed E-state index contributed by atoms with van der Waals surface area (Å²) in [5.74, 6) is 0.705. The molecule has 0 fully saturated rings. The van der Waals surface area contributed by atoms with E-state index < -0.39 is 11.7 Å². The molecule has 0 aliphatic carbocycles. The van der Waals surface area contributed by atoms with Crippen LogP contribution in [0.2, 0.25) is 5.02 Å². The summed E-state index contributed by atoms with van der Waals surface area (Å²) in [7, 11) is 0. The Labute approximate surface area is 146 Å². The molecule has 0 spiro atoms. The Morgan fingerprint density at radius 3 is 2.52 bits per heavy atom. The molecule has 4 nitrogen and oxygen atoms in total. The monoisotopic (exact) mass is 371 g/mol. The second-order valence-electron chi connectivity index (χ2n) is 5.33. The highest BCUT2D eigenvalue weighted by Gasteiger charge is 2.31. The van der Waals surface area contributed by atoms with Crippen molar-refractivity contribution >= 4 is 23.1 Å². The van der Waals surface area contributed by atoms with Crippen molar-refractivity contribution in [2.45, 2.75) is 6.18 Å². The molecule has 132 valence electrons. The summed E-state index contributed by atoms with van der Waals surface area (Å²) in [6, 6.07) is 7.65. The zero-order valence-corrected chi connectivity index (χ0v) is 13.6. The Bertz CT molecular complexity index is 808. The number of ether oxygens (including phenoxy) is 2. The van der Waals surface area contributed by atoms with Gasteiger partial charge < -0.3 is 14.8 Å². The lowest BCUT2D eigenvalue weighted by Crippen LogP contribution is -2.18. The maximum Gasteiger partial charge on any atom is 0.416 e. The van der Waals surface area contributed by atoms with Gasteiger partial charge in [-0.1, -0.05) is 11.6 Å². The highest BCUT2D eigenvalue weighted by Crippen LogP contribution is 2.34. The van der Waals surface area contributed by atoms with Gasteiger partial charge in [-0.25, -0.2) is 0 Å². The molecule has 3 rings (SSSR count). The summed E-state index contributed by atoms with van der Waals surface area (Å²) >= 11 is 5.89. The number of ketones is 1. The Morgan fingerprint density at radius 2 is 1.80 bits per heavy atom. The fraction of sp³-hybridized carbons (Fsp3) is 0.235. The molecule has 0 saturated heterocycles. The molecule has 1 aliphatic heterocycles. The fourth-order valence-corrected chi connectivity index (χ4v) is 2.52. The molecule has 0 radical (unpaired) electrons. The third-order valence-corrected chi connectivity index (χ3v) is 3.93. The summed E-state index contributed by atoms with van der Waals surface area (Å²) < 4.78 is 49.1. The quantitative estimate of drug-likeness (QED) is 0.808. The smallest absolute Gasteiger partial charge is 0.416 e. The van der Waals surface area contributed by atoms with Crippen LogP contribution in [0.3, 0.4) is 0 Å². The van der Waals surface area contributed by atoms with Crippen LogP contribution in [0.1, 0.15) is 15.9 Å². The van der Waals surface area contributed by atoms with Crippen LogP contribution < -0.4 is 14.8 Å². The molecule has 0 saturated carbocycles. The van der Waals surface area contributed by atoms with E-state index in [2.05, 4.69) is 5.32 Å². The van der Waals surface area contributed by atoms with Gasteiger partial charge in [0.1, 0.15) is 13.2 Å². The molecule has 1 N–H and O–H groups in total. The average Bonchev–Trinajstić information content (AvgIpc) is 2.59. The van der Waals surface area contributed by atoms with E-state index in [9.17, 15) is 18.0 Å². The van der Waals surface area contributed by atoms with Crippen LogP contribution in [0.5, 0.6) is 11.5 Å². The number of carbonyl (C=O) groups is 1. The number of halogens is 4. The van der Waals surface area contributed by atoms with E-state index in [1.165, 1.54) is 0 Å². The van der Waals surface area contributed by atoms with Crippen LogP contribution in [-0.2, 0) is 6.18 Å². The molecule has 25 heavy (non-hydrogen) atoms. The van der Waals surface area contributed by atoms with Crippen molar-refractivity contribution in [2.24, 2.45) is 0 Å². The molecule has 0 amide bonds. The minimum absolute atomic E-state index is 0.0439. The summed E-state index contributed by atoms with van der Waals surface area (Å²) in [6.07, 6.45) is -4.49. The van der Waals surface area contributed by atoms with Gasteiger partial charge in [0.15, 0.2) is 17.3 Å². The van der Waals surface area contributed by atoms with E-state index in [1.54, 1.807) is 18.2 Å². The van der Waals surface area contributed by atoms with Crippen LogP contribution in [-0.4, -0.2) is 25.5 Å². The van der Waals surface area contributed by atoms with E-state index in [1.807, 2.05) is 0 Å². The van der Waals surface area contributed by atoms with Gasteiger partial charge >= 0.3 is 6.18 Å². The fourth-order valence-electron chi connectivity index (χ4n) is 2.33. The molecule has 2 aromatic rings. The maximum atomic E-state index is 12.8. The zero-order valence-electron chi connectivity index (χ0n) is 12.8. The summed E-state index contributed by atoms with van der Waals surface area (Å²) in [4.78, 5) is 12.3. The number of rotatable bonds is 4. The third-order valence-electron chi connectivity index (χ3n) is 3.60. The molecule has 2 aromatic carbocycles. The average molecular weight is 372 g/mol. The van der Waals surface area contributed by atoms with Crippen molar-refractivity contribution in [3.05, 3.63) is 52.5 Å². The van der Waals surface area contributed by atoms with Gasteiger partial charge in [0.2, 0.25) is 0 Å². The first-order valence-corrected chi connectivity index (χ1v) is 7.76. The highest BCUT2D eigenvalue weighted by atomic mass is 35.5. The standard InChI is InChI=1S/C17H13ClF3NO3/c18-12-3-2-11(17(19,20)21)8-13(12)22-9-14(23)10-1-4-15-16(7-10)25-6-5-24-15/h1-4,7-8,22H,5-6,9H2. The first-order valence-electron chi connectivity index (χ1n) is 7.38. The number of fused-ring (bicyclic) bond motifs is 1. The van der Waals surface area contributed by atoms with E-state index in [4.69, 9.17) is 21.1 Å². The Balaban J connectivity index is 1.72. The molecule has 8 heteroatoms. The number of carbonyl (C=O) groups excluding carboxylic acids is 1. The van der Waals surface area contributed by atoms with Crippen molar-refractivity contribution in [3.63, 3.8) is 0 Å². The number of anilines is 1. The number of hydrogen-bond donors (Lipinski definition) is 1. The first kappa shape index (κ1) is 17.4. The van der Waals surface area contributed by atoms with Crippen LogP contribution >= 0.6 is 11.6 Å². The Morgan fingerprint density at radius 1 is 1.08 bits per heavy atom. The van der Waals surface area contributed by atoms with Crippen LogP contribution in [0, 0.1) is 0 Å². The lowest BCUT2D eigenvalue weighted by molar-refractivity contribution is -0.137. The summed E-state index contributed by atoms with van der Waals surface area (Å²) in [5, 5.41) is 2.75. The van der Waals surface area contributed by atoms with E-state index >= 15 is 0 Å². The summed E-state index contributed by atoms with van der Waals surface area (Å²) in [5.41, 5.74) is -0.437. The highest BCUT2D eigenvalue weighted by molar-refractivity contribution is 6.33. The Hall–Kier alpha value is -2.41. The molecular formula is C17H13ClF3NO3. The van der Waals surface area contributed by atoms with Gasteiger partial charge in [0.25, 0.3) is 0 Å². The van der Waals surface area contributed by atoms with Crippen LogP contribution in [0.4, 0.5) is 18.9 Å². The third kappa shape index (κ3) is 3.99. The lowest BCUT2D eigenvalue weighted by Gasteiger charge is -2.18. The molecule has 1 aliphatic rings. The van der Waals surface area contributed by atoms with Gasteiger partial charge in [-0.15, -0.1) is 0 Å². The molecule has 0 atom stereocenters. The molecule has 0 bridgehead atoms. The van der Waals surface area contributed by atoms with Crippen molar-refractivity contribution in [2.75, 3.05) is 25.1 Å². The first-order chi connectivity index (χ1) is 11.8. The number of Topliss-reactive ketones (excluding diaryl/α,β-unsaturated/α-hetero) is 1. The number of hydrogen-bond acceptors (Lipinski definition) is 4. The number of benzene rings is 2. The van der Waals surface area contributed by atoms with Crippen LogP contribution in [0.25, 0.3) is 0 Å². The van der Waals surface area contributed by atoms with Gasteiger partial charge in [-0.2, -0.15) is 13.2 Å². The number of nitrogens with one attached hydrogen (secondary N) is 1. The topological polar surface area (TPSA) is 47.6 Å². The molecular weight excluding hydrogens is 359 g/mol. The van der Waals surface area contributed by atoms with Crippen molar-refractivity contribution in [1.82, 2.24) is 0 Å². The van der Waals surface area contributed by atoms with E-state index in [0.29, 0.717) is 30.3 Å². The second kappa shape index (κ2) is 6.84. The van der Waals surface area contributed by atoms with Crippen molar-refractivity contribution in [3.8, 4) is 11.5 Å². The van der Waals surface area contributed by atoms with Crippen molar-refractivity contribution in [1.29, 1.82) is 0 Å².